The molecule has 1 heterocycles. The van der Waals surface area contributed by atoms with Gasteiger partial charge in [0.05, 0.1) is 0 Å². The smallest absolute Gasteiger partial charge is 0.227 e. The van der Waals surface area contributed by atoms with Crippen LogP contribution < -0.4 is 10.6 Å². The molecule has 0 unspecified atom stereocenters. The molecule has 1 aromatic heterocycles. The molecule has 2 amide bonds. The van der Waals surface area contributed by atoms with E-state index in [-0.39, 0.29) is 18.2 Å². The molecular weight excluding hydrogens is 348 g/mol. The van der Waals surface area contributed by atoms with Crippen LogP contribution in [-0.4, -0.2) is 28.6 Å². The largest absolute Gasteiger partial charge is 0.355 e. The molecule has 0 radical (unpaired) electrons. The number of amides is 2. The Morgan fingerprint density at radius 3 is 2.35 bits per heavy atom. The number of benzene rings is 1. The number of carbonyl (C=O) groups excluding carboxylic acids is 2. The van der Waals surface area contributed by atoms with E-state index in [0.717, 1.165) is 10.6 Å². The number of anilines is 1. The zero-order valence-electron chi connectivity index (χ0n) is 15.9. The lowest BCUT2D eigenvalue weighted by Gasteiger charge is -2.17. The average molecular weight is 375 g/mol. The van der Waals surface area contributed by atoms with Gasteiger partial charge in [0.25, 0.3) is 0 Å². The molecule has 140 valence electrons. The summed E-state index contributed by atoms with van der Waals surface area (Å²) in [7, 11) is 0. The molecule has 0 spiro atoms. The predicted octanol–water partition coefficient (Wildman–Crippen LogP) is 3.82. The van der Waals surface area contributed by atoms with Gasteiger partial charge < -0.3 is 10.6 Å². The number of carbonyl (C=O) groups is 2. The fourth-order valence-corrected chi connectivity index (χ4v) is 2.90. The summed E-state index contributed by atoms with van der Waals surface area (Å²) in [5.74, 6) is 0.206. The highest BCUT2D eigenvalue weighted by molar-refractivity contribution is 7.18. The highest BCUT2D eigenvalue weighted by Gasteiger charge is 2.20. The van der Waals surface area contributed by atoms with Crippen molar-refractivity contribution in [3.63, 3.8) is 0 Å². The fourth-order valence-electron chi connectivity index (χ4n) is 2.14. The number of hydrogen-bond acceptors (Lipinski definition) is 5. The monoisotopic (exact) mass is 374 g/mol. The lowest BCUT2D eigenvalue weighted by atomic mass is 9.96. The van der Waals surface area contributed by atoms with Crippen LogP contribution in [0, 0.1) is 5.41 Å². The molecule has 0 saturated carbocycles. The van der Waals surface area contributed by atoms with Crippen molar-refractivity contribution in [2.24, 2.45) is 5.41 Å². The molecular formula is C19H26N4O2S. The summed E-state index contributed by atoms with van der Waals surface area (Å²) >= 11 is 1.33. The molecule has 0 bridgehead atoms. The molecule has 6 nitrogen and oxygen atoms in total. The van der Waals surface area contributed by atoms with Crippen molar-refractivity contribution in [1.29, 1.82) is 0 Å². The second-order valence-corrected chi connectivity index (χ2v) is 8.47. The van der Waals surface area contributed by atoms with Crippen molar-refractivity contribution in [2.75, 3.05) is 11.9 Å². The molecule has 0 atom stereocenters. The Morgan fingerprint density at radius 2 is 1.77 bits per heavy atom. The highest BCUT2D eigenvalue weighted by atomic mass is 32.1. The Balaban J connectivity index is 1.87. The van der Waals surface area contributed by atoms with Crippen LogP contribution >= 0.6 is 11.3 Å². The topological polar surface area (TPSA) is 84.0 Å². The number of nitrogens with zero attached hydrogens (tertiary/aromatic N) is 2. The lowest BCUT2D eigenvalue weighted by Crippen LogP contribution is -2.36. The average Bonchev–Trinajstić information content (AvgIpc) is 3.02. The first-order chi connectivity index (χ1) is 12.2. The van der Waals surface area contributed by atoms with Gasteiger partial charge in [-0.3, -0.25) is 9.59 Å². The molecule has 2 aromatic rings. The van der Waals surface area contributed by atoms with E-state index in [1.807, 2.05) is 32.9 Å². The van der Waals surface area contributed by atoms with Crippen molar-refractivity contribution in [3.05, 3.63) is 29.8 Å². The molecule has 1 aromatic carbocycles. The van der Waals surface area contributed by atoms with E-state index in [1.54, 1.807) is 0 Å². The fraction of sp³-hybridized carbons (Fsp3) is 0.474. The summed E-state index contributed by atoms with van der Waals surface area (Å²) in [5, 5.41) is 14.9. The maximum absolute atomic E-state index is 12.0. The molecule has 0 aliphatic heterocycles. The minimum Gasteiger partial charge on any atom is -0.355 e. The standard InChI is InChI=1S/C19H26N4O2S/c1-12(2)13-6-8-14(9-7-13)16-22-23-18(26-16)21-15(24)10-11-20-17(25)19(3,4)5/h6-9,12H,10-11H2,1-5H3,(H,20,25)(H,21,23,24). The van der Waals surface area contributed by atoms with Crippen LogP contribution in [-0.2, 0) is 9.59 Å². The van der Waals surface area contributed by atoms with Crippen LogP contribution in [0.4, 0.5) is 5.13 Å². The van der Waals surface area contributed by atoms with Gasteiger partial charge in [-0.15, -0.1) is 10.2 Å². The van der Waals surface area contributed by atoms with E-state index in [2.05, 4.69) is 46.8 Å². The first kappa shape index (κ1) is 20.0. The van der Waals surface area contributed by atoms with Gasteiger partial charge in [-0.2, -0.15) is 0 Å². The lowest BCUT2D eigenvalue weighted by molar-refractivity contribution is -0.128. The van der Waals surface area contributed by atoms with E-state index >= 15 is 0 Å². The number of rotatable bonds is 6. The van der Waals surface area contributed by atoms with Gasteiger partial charge in [-0.25, -0.2) is 0 Å². The van der Waals surface area contributed by atoms with Gasteiger partial charge >= 0.3 is 0 Å². The molecule has 2 rings (SSSR count). The van der Waals surface area contributed by atoms with Crippen LogP contribution in [0.25, 0.3) is 10.6 Å². The van der Waals surface area contributed by atoms with Gasteiger partial charge in [0.1, 0.15) is 5.01 Å². The number of nitrogens with one attached hydrogen (secondary N) is 2. The Bertz CT molecular complexity index is 761. The Labute approximate surface area is 158 Å². The van der Waals surface area contributed by atoms with Crippen molar-refractivity contribution in [1.82, 2.24) is 15.5 Å². The Hall–Kier alpha value is -2.28. The van der Waals surface area contributed by atoms with E-state index in [1.165, 1.54) is 16.9 Å². The zero-order chi connectivity index (χ0) is 19.3. The van der Waals surface area contributed by atoms with Crippen LogP contribution in [0.2, 0.25) is 0 Å². The Kier molecular flexibility index (Phi) is 6.47. The maximum atomic E-state index is 12.0. The second-order valence-electron chi connectivity index (χ2n) is 7.49. The van der Waals surface area contributed by atoms with Gasteiger partial charge in [0.15, 0.2) is 0 Å². The van der Waals surface area contributed by atoms with Crippen LogP contribution in [0.15, 0.2) is 24.3 Å². The third-order valence-electron chi connectivity index (χ3n) is 3.81. The van der Waals surface area contributed by atoms with Gasteiger partial charge in [-0.05, 0) is 11.5 Å². The number of aromatic nitrogens is 2. The van der Waals surface area contributed by atoms with Crippen LogP contribution in [0.5, 0.6) is 0 Å². The molecule has 0 aliphatic carbocycles. The minimum atomic E-state index is -0.463. The first-order valence-electron chi connectivity index (χ1n) is 8.69. The summed E-state index contributed by atoms with van der Waals surface area (Å²) in [5.41, 5.74) is 1.78. The van der Waals surface area contributed by atoms with E-state index in [4.69, 9.17) is 0 Å². The van der Waals surface area contributed by atoms with Crippen molar-refractivity contribution in [2.45, 2.75) is 47.0 Å². The van der Waals surface area contributed by atoms with Crippen LogP contribution in [0.3, 0.4) is 0 Å². The van der Waals surface area contributed by atoms with Crippen molar-refractivity contribution >= 4 is 28.3 Å². The van der Waals surface area contributed by atoms with Gasteiger partial charge in [0.2, 0.25) is 16.9 Å². The van der Waals surface area contributed by atoms with Crippen molar-refractivity contribution < 1.29 is 9.59 Å². The van der Waals surface area contributed by atoms with E-state index < -0.39 is 5.41 Å². The molecule has 7 heteroatoms. The van der Waals surface area contributed by atoms with Gasteiger partial charge in [-0.1, -0.05) is 70.2 Å². The van der Waals surface area contributed by atoms with Crippen LogP contribution in [0.1, 0.15) is 52.5 Å². The molecule has 0 saturated heterocycles. The summed E-state index contributed by atoms with van der Waals surface area (Å²) in [4.78, 5) is 23.8. The SMILES string of the molecule is CC(C)c1ccc(-c2nnc(NC(=O)CCNC(=O)C(C)(C)C)s2)cc1. The summed E-state index contributed by atoms with van der Waals surface area (Å²) in [6.07, 6.45) is 0.194. The van der Waals surface area contributed by atoms with Crippen molar-refractivity contribution in [3.8, 4) is 10.6 Å². The zero-order valence-corrected chi connectivity index (χ0v) is 16.7. The second kappa shape index (κ2) is 8.40. The third kappa shape index (κ3) is 5.62. The molecule has 0 aliphatic rings. The summed E-state index contributed by atoms with van der Waals surface area (Å²) in [6.45, 7) is 10.1. The first-order valence-corrected chi connectivity index (χ1v) is 9.50. The highest BCUT2D eigenvalue weighted by Crippen LogP contribution is 2.27. The normalized spacial score (nSPS) is 11.5. The van der Waals surface area contributed by atoms with E-state index in [9.17, 15) is 9.59 Å². The Morgan fingerprint density at radius 1 is 1.12 bits per heavy atom. The molecule has 26 heavy (non-hydrogen) atoms. The third-order valence-corrected chi connectivity index (χ3v) is 4.70. The maximum Gasteiger partial charge on any atom is 0.227 e. The summed E-state index contributed by atoms with van der Waals surface area (Å²) < 4.78 is 0. The predicted molar refractivity (Wildman–Crippen MR) is 105 cm³/mol. The molecule has 0 fully saturated rings. The minimum absolute atomic E-state index is 0.0756. The number of hydrogen-bond donors (Lipinski definition) is 2. The summed E-state index contributed by atoms with van der Waals surface area (Å²) in [6, 6.07) is 8.20. The quantitative estimate of drug-likeness (QED) is 0.805. The van der Waals surface area contributed by atoms with E-state index in [0.29, 0.717) is 17.6 Å². The molecule has 2 N–H and O–H groups in total. The van der Waals surface area contributed by atoms with Gasteiger partial charge in [0, 0.05) is 23.9 Å².